The molecule has 2 aliphatic rings. The predicted molar refractivity (Wildman–Crippen MR) is 153 cm³/mol. The lowest BCUT2D eigenvalue weighted by molar-refractivity contribution is -0.150. The molecular weight excluding hydrogens is 548 g/mol. The van der Waals surface area contributed by atoms with Gasteiger partial charge in [-0.15, -0.1) is 0 Å². The van der Waals surface area contributed by atoms with Gasteiger partial charge in [0.1, 0.15) is 12.6 Å². The molecule has 5 N–H and O–H groups in total. The number of esters is 1. The number of nitrogens with zero attached hydrogens (tertiary/aromatic N) is 2. The van der Waals surface area contributed by atoms with Crippen LogP contribution < -0.4 is 15.8 Å². The maximum absolute atomic E-state index is 13.8. The van der Waals surface area contributed by atoms with Crippen LogP contribution in [0.3, 0.4) is 0 Å². The van der Waals surface area contributed by atoms with Crippen molar-refractivity contribution in [3.8, 4) is 0 Å². The zero-order valence-electron chi connectivity index (χ0n) is 23.2. The van der Waals surface area contributed by atoms with Gasteiger partial charge in [0, 0.05) is 12.6 Å². The first-order valence-corrected chi connectivity index (χ1v) is 15.4. The van der Waals surface area contributed by atoms with Crippen molar-refractivity contribution >= 4 is 44.5 Å². The Kier molecular flexibility index (Phi) is 9.94. The van der Waals surface area contributed by atoms with E-state index in [0.717, 1.165) is 29.7 Å². The van der Waals surface area contributed by atoms with E-state index in [2.05, 4.69) is 10.0 Å². The average Bonchev–Trinajstić information content (AvgIpc) is 3.79. The number of fused-ring (bicyclic) bond motifs is 1. The van der Waals surface area contributed by atoms with E-state index >= 15 is 0 Å². The Morgan fingerprint density at radius 1 is 1.15 bits per heavy atom. The van der Waals surface area contributed by atoms with Crippen molar-refractivity contribution < 1.29 is 27.5 Å². The summed E-state index contributed by atoms with van der Waals surface area (Å²) in [6, 6.07) is 10.1. The Labute approximate surface area is 240 Å². The number of hydrogen-bond acceptors (Lipinski definition) is 8. The minimum atomic E-state index is -4.27. The molecule has 0 aromatic heterocycles. The van der Waals surface area contributed by atoms with E-state index in [1.807, 2.05) is 12.1 Å². The minimum absolute atomic E-state index is 0.0619. The van der Waals surface area contributed by atoms with Crippen LogP contribution in [0.15, 0.2) is 47.4 Å². The molecule has 222 valence electrons. The molecule has 13 heteroatoms. The molecule has 12 nitrogen and oxygen atoms in total. The Hall–Kier alpha value is -3.55. The van der Waals surface area contributed by atoms with Crippen molar-refractivity contribution in [1.29, 1.82) is 5.41 Å². The number of hydrogen-bond donors (Lipinski definition) is 4. The predicted octanol–water partition coefficient (Wildman–Crippen LogP) is 1.15. The third-order valence-corrected chi connectivity index (χ3v) is 8.78. The molecule has 4 rings (SSSR count). The molecule has 1 aliphatic heterocycles. The topological polar surface area (TPSA) is 175 Å². The van der Waals surface area contributed by atoms with E-state index < -0.39 is 46.2 Å². The molecule has 0 spiro atoms. The third-order valence-electron chi connectivity index (χ3n) is 7.31. The van der Waals surface area contributed by atoms with E-state index in [-0.39, 0.29) is 36.6 Å². The van der Waals surface area contributed by atoms with Crippen LogP contribution >= 0.6 is 0 Å². The Morgan fingerprint density at radius 2 is 1.88 bits per heavy atom. The van der Waals surface area contributed by atoms with Crippen molar-refractivity contribution in [3.05, 3.63) is 42.5 Å². The second-order valence-corrected chi connectivity index (χ2v) is 12.2. The number of guanidine groups is 1. The minimum Gasteiger partial charge on any atom is -0.465 e. The molecular formula is C28H38N6O6S. The van der Waals surface area contributed by atoms with Crippen LogP contribution in [0.5, 0.6) is 0 Å². The smallest absolute Gasteiger partial charge is 0.325 e. The monoisotopic (exact) mass is 586 g/mol. The number of amides is 2. The van der Waals surface area contributed by atoms with E-state index in [1.165, 1.54) is 17.0 Å². The number of benzene rings is 2. The fourth-order valence-electron chi connectivity index (χ4n) is 5.05. The SMILES string of the molecule is CCOC(=O)CN(C(=O)[C@H](CC(=O)N(C[C@H]1CCCNC1)C(=N)N)NS(=O)(=O)c1ccc2ccccc2c1)C1CC1. The second kappa shape index (κ2) is 13.4. The summed E-state index contributed by atoms with van der Waals surface area (Å²) in [5, 5.41) is 12.8. The lowest BCUT2D eigenvalue weighted by Gasteiger charge is -2.31. The second-order valence-electron chi connectivity index (χ2n) is 10.5. The number of nitrogens with one attached hydrogen (secondary N) is 3. The van der Waals surface area contributed by atoms with Gasteiger partial charge in [-0.2, -0.15) is 4.72 Å². The maximum Gasteiger partial charge on any atom is 0.325 e. The van der Waals surface area contributed by atoms with Gasteiger partial charge in [-0.05, 0) is 74.5 Å². The van der Waals surface area contributed by atoms with Gasteiger partial charge in [-0.25, -0.2) is 8.42 Å². The van der Waals surface area contributed by atoms with Gasteiger partial charge in [0.25, 0.3) is 0 Å². The van der Waals surface area contributed by atoms with Gasteiger partial charge in [-0.3, -0.25) is 24.7 Å². The molecule has 1 saturated heterocycles. The number of piperidine rings is 1. The molecule has 0 bridgehead atoms. The van der Waals surface area contributed by atoms with Gasteiger partial charge in [0.05, 0.1) is 17.9 Å². The molecule has 0 radical (unpaired) electrons. The van der Waals surface area contributed by atoms with Crippen LogP contribution in [0.1, 0.15) is 39.0 Å². The molecule has 2 amide bonds. The lowest BCUT2D eigenvalue weighted by Crippen LogP contribution is -2.54. The van der Waals surface area contributed by atoms with E-state index in [0.29, 0.717) is 24.8 Å². The Bertz CT molecular complexity index is 1390. The Morgan fingerprint density at radius 3 is 2.51 bits per heavy atom. The summed E-state index contributed by atoms with van der Waals surface area (Å²) in [5.41, 5.74) is 5.77. The van der Waals surface area contributed by atoms with Crippen LogP contribution in [-0.2, 0) is 29.1 Å². The number of carbonyl (C=O) groups is 3. The van der Waals surface area contributed by atoms with Crippen molar-refractivity contribution in [3.63, 3.8) is 0 Å². The summed E-state index contributed by atoms with van der Waals surface area (Å²) < 4.78 is 34.6. The van der Waals surface area contributed by atoms with Gasteiger partial charge < -0.3 is 20.7 Å². The molecule has 41 heavy (non-hydrogen) atoms. The largest absolute Gasteiger partial charge is 0.465 e. The highest BCUT2D eigenvalue weighted by Crippen LogP contribution is 2.28. The highest BCUT2D eigenvalue weighted by Gasteiger charge is 2.40. The summed E-state index contributed by atoms with van der Waals surface area (Å²) in [6.07, 6.45) is 2.49. The molecule has 1 saturated carbocycles. The molecule has 2 fully saturated rings. The standard InChI is InChI=1S/C28H38N6O6S/c1-2-40-26(36)18-33(22-10-11-22)27(37)24(15-25(35)34(28(29)30)17-19-6-5-13-31-16-19)32-41(38,39)23-12-9-20-7-3-4-8-21(20)14-23/h3-4,7-9,12,14,19,22,24,31-32H,2,5-6,10-11,13,15-18H2,1H3,(H3,29,30)/t19-,24-/m0/s1. The maximum atomic E-state index is 13.8. The molecule has 0 unspecified atom stereocenters. The van der Waals surface area contributed by atoms with Gasteiger partial charge in [0.2, 0.25) is 21.8 Å². The fraction of sp³-hybridized carbons (Fsp3) is 0.500. The highest BCUT2D eigenvalue weighted by atomic mass is 32.2. The first-order chi connectivity index (χ1) is 19.6. The van der Waals surface area contributed by atoms with E-state index in [9.17, 15) is 22.8 Å². The zero-order valence-corrected chi connectivity index (χ0v) is 24.0. The zero-order chi connectivity index (χ0) is 29.6. The Balaban J connectivity index is 1.61. The van der Waals surface area contributed by atoms with E-state index in [4.69, 9.17) is 15.9 Å². The van der Waals surface area contributed by atoms with Crippen LogP contribution in [0, 0.1) is 11.3 Å². The highest BCUT2D eigenvalue weighted by molar-refractivity contribution is 7.89. The fourth-order valence-corrected chi connectivity index (χ4v) is 6.27. The number of rotatable bonds is 12. The van der Waals surface area contributed by atoms with Crippen molar-refractivity contribution in [2.75, 3.05) is 32.8 Å². The molecule has 2 aromatic carbocycles. The molecule has 2 aromatic rings. The summed E-state index contributed by atoms with van der Waals surface area (Å²) >= 11 is 0. The van der Waals surface area contributed by atoms with Crippen LogP contribution in [0.25, 0.3) is 10.8 Å². The molecule has 1 heterocycles. The molecule has 1 aliphatic carbocycles. The number of ether oxygens (including phenoxy) is 1. The average molecular weight is 587 g/mol. The first kappa shape index (κ1) is 30.4. The summed E-state index contributed by atoms with van der Waals surface area (Å²) in [7, 11) is -4.27. The number of carbonyl (C=O) groups excluding carboxylic acids is 3. The van der Waals surface area contributed by atoms with Gasteiger partial charge in [-0.1, -0.05) is 30.3 Å². The van der Waals surface area contributed by atoms with E-state index in [1.54, 1.807) is 25.1 Å². The van der Waals surface area contributed by atoms with Crippen LogP contribution in [0.2, 0.25) is 0 Å². The van der Waals surface area contributed by atoms with Gasteiger partial charge in [0.15, 0.2) is 5.96 Å². The lowest BCUT2D eigenvalue weighted by atomic mass is 9.99. The number of sulfonamides is 1. The van der Waals surface area contributed by atoms with Crippen molar-refractivity contribution in [2.45, 2.75) is 56.0 Å². The summed E-state index contributed by atoms with van der Waals surface area (Å²) in [4.78, 5) is 41.9. The van der Waals surface area contributed by atoms with Gasteiger partial charge >= 0.3 is 5.97 Å². The first-order valence-electron chi connectivity index (χ1n) is 13.9. The van der Waals surface area contributed by atoms with Crippen molar-refractivity contribution in [2.24, 2.45) is 11.7 Å². The number of nitrogens with two attached hydrogens (primary N) is 1. The quantitative estimate of drug-likeness (QED) is 0.163. The summed E-state index contributed by atoms with van der Waals surface area (Å²) in [6.45, 7) is 3.13. The van der Waals surface area contributed by atoms with Crippen molar-refractivity contribution in [1.82, 2.24) is 19.8 Å². The summed E-state index contributed by atoms with van der Waals surface area (Å²) in [5.74, 6) is -2.40. The molecule has 2 atom stereocenters. The third kappa shape index (κ3) is 8.02. The van der Waals surface area contributed by atoms with Crippen LogP contribution in [0.4, 0.5) is 0 Å². The van der Waals surface area contributed by atoms with Crippen LogP contribution in [-0.4, -0.2) is 86.8 Å². The normalized spacial score (nSPS) is 17.9.